The molecule has 1 heterocycles. The molecule has 1 aliphatic heterocycles. The van der Waals surface area contributed by atoms with Crippen LogP contribution in [0.5, 0.6) is 0 Å². The molecule has 1 fully saturated rings. The van der Waals surface area contributed by atoms with Gasteiger partial charge in [-0.15, -0.1) is 12.4 Å². The predicted molar refractivity (Wildman–Crippen MR) is 79.6 cm³/mol. The monoisotopic (exact) mass is 307 g/mol. The maximum absolute atomic E-state index is 11.6. The van der Waals surface area contributed by atoms with Gasteiger partial charge in [-0.05, 0) is 18.8 Å². The van der Waals surface area contributed by atoms with E-state index in [1.54, 1.807) is 0 Å². The Balaban J connectivity index is 0.00000361. The highest BCUT2D eigenvalue weighted by Crippen LogP contribution is 2.25. The topological polar surface area (TPSA) is 93.5 Å². The van der Waals surface area contributed by atoms with Gasteiger partial charge >= 0.3 is 0 Å². The summed E-state index contributed by atoms with van der Waals surface area (Å²) in [5.41, 5.74) is 5.14. The lowest BCUT2D eigenvalue weighted by Gasteiger charge is -2.34. The van der Waals surface area contributed by atoms with Crippen LogP contribution in [0.15, 0.2) is 0 Å². The quantitative estimate of drug-likeness (QED) is 0.646. The third kappa shape index (κ3) is 6.54. The molecule has 0 aliphatic carbocycles. The fraction of sp³-hybridized carbons (Fsp3) is 0.846. The molecule has 0 radical (unpaired) electrons. The third-order valence-corrected chi connectivity index (χ3v) is 3.34. The van der Waals surface area contributed by atoms with Gasteiger partial charge in [-0.1, -0.05) is 13.8 Å². The van der Waals surface area contributed by atoms with Crippen molar-refractivity contribution >= 4 is 24.2 Å². The molecule has 0 spiro atoms. The lowest BCUT2D eigenvalue weighted by molar-refractivity contribution is -0.125. The van der Waals surface area contributed by atoms with Crippen LogP contribution in [-0.2, 0) is 14.3 Å². The molecule has 2 atom stereocenters. The van der Waals surface area contributed by atoms with Crippen LogP contribution in [0.2, 0.25) is 0 Å². The summed E-state index contributed by atoms with van der Waals surface area (Å²) < 4.78 is 5.76. The van der Waals surface area contributed by atoms with Crippen LogP contribution in [-0.4, -0.2) is 44.2 Å². The van der Waals surface area contributed by atoms with Crippen LogP contribution in [0.4, 0.5) is 0 Å². The first-order valence-electron chi connectivity index (χ1n) is 6.89. The van der Waals surface area contributed by atoms with Gasteiger partial charge in [0.2, 0.25) is 11.8 Å². The lowest BCUT2D eigenvalue weighted by atomic mass is 9.87. The fourth-order valence-corrected chi connectivity index (χ4v) is 2.38. The van der Waals surface area contributed by atoms with Crippen molar-refractivity contribution in [2.24, 2.45) is 17.6 Å². The predicted octanol–water partition coefficient (Wildman–Crippen LogP) is 0.0505. The molecule has 7 heteroatoms. The van der Waals surface area contributed by atoms with Gasteiger partial charge in [-0.25, -0.2) is 0 Å². The van der Waals surface area contributed by atoms with Gasteiger partial charge in [-0.2, -0.15) is 0 Å². The van der Waals surface area contributed by atoms with Crippen LogP contribution in [0.1, 0.15) is 26.7 Å². The van der Waals surface area contributed by atoms with Gasteiger partial charge < -0.3 is 21.1 Å². The van der Waals surface area contributed by atoms with E-state index in [0.717, 1.165) is 19.4 Å². The minimum absolute atomic E-state index is 0. The standard InChI is InChI=1S/C13H25N3O3.ClH/c1-9(2)13-10(4-3-5-19-13)7-15-12(18)8-16-11(17)6-14;/h9-10,13H,3-8,14H2,1-2H3,(H,15,18)(H,16,17);1H. The molecule has 0 aromatic rings. The van der Waals surface area contributed by atoms with Crippen LogP contribution in [0, 0.1) is 11.8 Å². The number of nitrogens with one attached hydrogen (secondary N) is 2. The normalized spacial score (nSPS) is 22.0. The summed E-state index contributed by atoms with van der Waals surface area (Å²) in [6.07, 6.45) is 2.30. The van der Waals surface area contributed by atoms with Crippen LogP contribution in [0.25, 0.3) is 0 Å². The summed E-state index contributed by atoms with van der Waals surface area (Å²) >= 11 is 0. The van der Waals surface area contributed by atoms with Gasteiger partial charge in [-0.3, -0.25) is 9.59 Å². The largest absolute Gasteiger partial charge is 0.378 e. The number of amides is 2. The second-order valence-corrected chi connectivity index (χ2v) is 5.27. The Morgan fingerprint density at radius 2 is 2.00 bits per heavy atom. The highest BCUT2D eigenvalue weighted by atomic mass is 35.5. The van der Waals surface area contributed by atoms with Gasteiger partial charge in [0.1, 0.15) is 0 Å². The Hall–Kier alpha value is -0.850. The molecule has 0 saturated carbocycles. The molecule has 2 unspecified atom stereocenters. The Labute approximate surface area is 126 Å². The molecule has 1 aliphatic rings. The number of hydrogen-bond acceptors (Lipinski definition) is 4. The van der Waals surface area contributed by atoms with E-state index in [0.29, 0.717) is 18.4 Å². The van der Waals surface area contributed by atoms with Gasteiger partial charge in [0.15, 0.2) is 0 Å². The number of hydrogen-bond donors (Lipinski definition) is 3. The van der Waals surface area contributed by atoms with E-state index >= 15 is 0 Å². The van der Waals surface area contributed by atoms with E-state index in [4.69, 9.17) is 10.5 Å². The first-order chi connectivity index (χ1) is 9.04. The second kappa shape index (κ2) is 9.96. The molecular formula is C13H26ClN3O3. The van der Waals surface area contributed by atoms with Crippen molar-refractivity contribution < 1.29 is 14.3 Å². The first kappa shape index (κ1) is 19.1. The number of carbonyl (C=O) groups excluding carboxylic acids is 2. The van der Waals surface area contributed by atoms with E-state index in [9.17, 15) is 9.59 Å². The maximum atomic E-state index is 11.6. The fourth-order valence-electron chi connectivity index (χ4n) is 2.38. The molecule has 20 heavy (non-hydrogen) atoms. The summed E-state index contributed by atoms with van der Waals surface area (Å²) in [6.45, 7) is 5.55. The zero-order valence-corrected chi connectivity index (χ0v) is 13.0. The zero-order chi connectivity index (χ0) is 14.3. The number of halogens is 1. The Morgan fingerprint density at radius 1 is 1.30 bits per heavy atom. The zero-order valence-electron chi connectivity index (χ0n) is 12.2. The number of rotatable bonds is 6. The van der Waals surface area contributed by atoms with Gasteiger partial charge in [0, 0.05) is 19.1 Å². The van der Waals surface area contributed by atoms with E-state index in [2.05, 4.69) is 24.5 Å². The molecule has 0 aromatic carbocycles. The summed E-state index contributed by atoms with van der Waals surface area (Å²) in [5, 5.41) is 5.29. The lowest BCUT2D eigenvalue weighted by Crippen LogP contribution is -2.44. The first-order valence-corrected chi connectivity index (χ1v) is 6.89. The van der Waals surface area contributed by atoms with Gasteiger partial charge in [0.05, 0.1) is 19.2 Å². The summed E-state index contributed by atoms with van der Waals surface area (Å²) in [7, 11) is 0. The summed E-state index contributed by atoms with van der Waals surface area (Å²) in [6, 6.07) is 0. The summed E-state index contributed by atoms with van der Waals surface area (Å²) in [4.78, 5) is 22.5. The van der Waals surface area contributed by atoms with Crippen molar-refractivity contribution in [2.75, 3.05) is 26.2 Å². The van der Waals surface area contributed by atoms with Crippen LogP contribution >= 0.6 is 12.4 Å². The number of ether oxygens (including phenoxy) is 1. The second-order valence-electron chi connectivity index (χ2n) is 5.27. The molecule has 4 N–H and O–H groups in total. The molecular weight excluding hydrogens is 282 g/mol. The van der Waals surface area contributed by atoms with Crippen molar-refractivity contribution in [3.05, 3.63) is 0 Å². The Kier molecular flexibility index (Phi) is 9.54. The number of carbonyl (C=O) groups is 2. The van der Waals surface area contributed by atoms with E-state index in [1.807, 2.05) is 0 Å². The molecule has 1 saturated heterocycles. The molecule has 6 nitrogen and oxygen atoms in total. The molecule has 2 amide bonds. The van der Waals surface area contributed by atoms with Crippen LogP contribution < -0.4 is 16.4 Å². The SMILES string of the molecule is CC(C)C1OCCCC1CNC(=O)CNC(=O)CN.Cl. The average molecular weight is 308 g/mol. The average Bonchev–Trinajstić information content (AvgIpc) is 2.42. The highest BCUT2D eigenvalue weighted by Gasteiger charge is 2.28. The number of nitrogens with two attached hydrogens (primary N) is 1. The minimum Gasteiger partial charge on any atom is -0.378 e. The maximum Gasteiger partial charge on any atom is 0.239 e. The smallest absolute Gasteiger partial charge is 0.239 e. The van der Waals surface area contributed by atoms with Crippen LogP contribution in [0.3, 0.4) is 0 Å². The molecule has 0 aromatic heterocycles. The summed E-state index contributed by atoms with van der Waals surface area (Å²) in [5.74, 6) is 0.285. The van der Waals surface area contributed by atoms with E-state index in [-0.39, 0.29) is 43.4 Å². The minimum atomic E-state index is -0.323. The van der Waals surface area contributed by atoms with Crippen molar-refractivity contribution in [1.82, 2.24) is 10.6 Å². The third-order valence-electron chi connectivity index (χ3n) is 3.34. The van der Waals surface area contributed by atoms with Crippen molar-refractivity contribution in [3.63, 3.8) is 0 Å². The molecule has 118 valence electrons. The van der Waals surface area contributed by atoms with Crippen molar-refractivity contribution in [3.8, 4) is 0 Å². The van der Waals surface area contributed by atoms with Crippen molar-refractivity contribution in [2.45, 2.75) is 32.8 Å². The molecule has 1 rings (SSSR count). The Morgan fingerprint density at radius 3 is 2.60 bits per heavy atom. The van der Waals surface area contributed by atoms with Gasteiger partial charge in [0.25, 0.3) is 0 Å². The van der Waals surface area contributed by atoms with E-state index < -0.39 is 0 Å². The molecule has 0 bridgehead atoms. The Bertz CT molecular complexity index is 313. The van der Waals surface area contributed by atoms with Crippen molar-refractivity contribution in [1.29, 1.82) is 0 Å². The van der Waals surface area contributed by atoms with E-state index in [1.165, 1.54) is 0 Å². The highest BCUT2D eigenvalue weighted by molar-refractivity contribution is 5.85.